The van der Waals surface area contributed by atoms with Gasteiger partial charge in [-0.3, -0.25) is 0 Å². The Hall–Kier alpha value is -0.371. The predicted molar refractivity (Wildman–Crippen MR) is 51.2 cm³/mol. The number of hydrogen-bond donors (Lipinski definition) is 0. The van der Waals surface area contributed by atoms with Crippen LogP contribution in [-0.2, 0) is 42.3 Å². The quantitative estimate of drug-likeness (QED) is 0.307. The average Bonchev–Trinajstić information content (AvgIpc) is 2.70. The van der Waals surface area contributed by atoms with E-state index in [4.69, 9.17) is 0 Å². The molecule has 0 spiro atoms. The number of hydrogen-bond acceptors (Lipinski definition) is 2. The summed E-state index contributed by atoms with van der Waals surface area (Å²) in [5.41, 5.74) is 0. The fourth-order valence-corrected chi connectivity index (χ4v) is 0.669. The van der Waals surface area contributed by atoms with Crippen molar-refractivity contribution in [3.8, 4) is 0 Å². The SMILES string of the molecule is FC(F)(F)/C([S-])=C(/[S-])C(F)(F)F.[Fe].[c-]1[c-][c-][cH-][c-]1. The average molecular weight is 343 g/mol. The second-order valence-corrected chi connectivity index (χ2v) is 3.15. The fourth-order valence-electron chi connectivity index (χ4n) is 0.438. The van der Waals surface area contributed by atoms with Crippen molar-refractivity contribution in [2.24, 2.45) is 0 Å². The molecule has 0 nitrogen and oxygen atoms in total. The van der Waals surface area contributed by atoms with E-state index in [0.29, 0.717) is 0 Å². The molecule has 0 aliphatic rings. The molecule has 0 atom stereocenters. The summed E-state index contributed by atoms with van der Waals surface area (Å²) in [6.45, 7) is 0. The molecule has 0 amide bonds. The summed E-state index contributed by atoms with van der Waals surface area (Å²) in [7, 11) is 0. The first-order chi connectivity index (χ1) is 7.57. The molecular weight excluding hydrogens is 342 g/mol. The van der Waals surface area contributed by atoms with E-state index in [1.807, 2.05) is 0 Å². The van der Waals surface area contributed by atoms with Crippen LogP contribution in [0.15, 0.2) is 15.9 Å². The van der Waals surface area contributed by atoms with E-state index in [0.717, 1.165) is 0 Å². The molecule has 0 aromatic heterocycles. The van der Waals surface area contributed by atoms with Crippen LogP contribution in [0.4, 0.5) is 26.3 Å². The summed E-state index contributed by atoms with van der Waals surface area (Å²) in [5, 5.41) is 0. The van der Waals surface area contributed by atoms with Gasteiger partial charge < -0.3 is 55.6 Å². The molecule has 18 heavy (non-hydrogen) atoms. The van der Waals surface area contributed by atoms with Crippen LogP contribution in [0.2, 0.25) is 0 Å². The number of alkyl halides is 6. The Morgan fingerprint density at radius 2 is 1.06 bits per heavy atom. The van der Waals surface area contributed by atoms with Crippen LogP contribution in [-0.4, -0.2) is 12.4 Å². The summed E-state index contributed by atoms with van der Waals surface area (Å²) < 4.78 is 69.0. The smallest absolute Gasteiger partial charge is 0.391 e. The van der Waals surface area contributed by atoms with Gasteiger partial charge in [0.1, 0.15) is 0 Å². The molecule has 0 saturated carbocycles. The van der Waals surface area contributed by atoms with E-state index in [1.165, 1.54) is 0 Å². The van der Waals surface area contributed by atoms with E-state index in [9.17, 15) is 26.3 Å². The molecule has 0 saturated heterocycles. The van der Waals surface area contributed by atoms with Gasteiger partial charge in [0.05, 0.1) is 0 Å². The predicted octanol–water partition coefficient (Wildman–Crippen LogP) is 3.02. The largest absolute Gasteiger partial charge is 0.999 e. The molecule has 0 heterocycles. The Morgan fingerprint density at radius 1 is 0.778 bits per heavy atom. The summed E-state index contributed by atoms with van der Waals surface area (Å²) >= 11 is 6.95. The molecule has 0 unspecified atom stereocenters. The number of rotatable bonds is 0. The van der Waals surface area contributed by atoms with E-state index < -0.39 is 22.2 Å². The second-order valence-electron chi connectivity index (χ2n) is 2.34. The van der Waals surface area contributed by atoms with E-state index >= 15 is 0 Å². The standard InChI is InChI=1S/C5H.C4H2F6S2.Fe/c1-2-4-5-3-1;5-3(6,7)1(11)2(12)4(8,9)10;/h1H;11-12H;/q-5;;/p-2/b;2-1-;. The van der Waals surface area contributed by atoms with Crippen LogP contribution < -0.4 is 0 Å². The monoisotopic (exact) mass is 343 g/mol. The van der Waals surface area contributed by atoms with Gasteiger partial charge in [-0.2, -0.15) is 26.3 Å². The van der Waals surface area contributed by atoms with Crippen LogP contribution in [0.5, 0.6) is 0 Å². The summed E-state index contributed by atoms with van der Waals surface area (Å²) in [6.07, 6.45) is -10.4. The Kier molecular flexibility index (Phi) is 8.80. The minimum absolute atomic E-state index is 0. The zero-order valence-corrected chi connectivity index (χ0v) is 10.8. The van der Waals surface area contributed by atoms with Gasteiger partial charge in [0.2, 0.25) is 0 Å². The maximum Gasteiger partial charge on any atom is 0.391 e. The van der Waals surface area contributed by atoms with Crippen LogP contribution in [0.3, 0.4) is 0 Å². The van der Waals surface area contributed by atoms with E-state index in [1.54, 1.807) is 6.07 Å². The first kappa shape index (κ1) is 20.0. The molecule has 0 bridgehead atoms. The van der Waals surface area contributed by atoms with Gasteiger partial charge in [0.25, 0.3) is 0 Å². The maximum atomic E-state index is 11.5. The summed E-state index contributed by atoms with van der Waals surface area (Å²) in [5.74, 6) is 0. The van der Waals surface area contributed by atoms with Crippen molar-refractivity contribution in [1.29, 1.82) is 0 Å². The normalized spacial score (nSPS) is 12.8. The first-order valence-electron chi connectivity index (χ1n) is 3.62. The minimum atomic E-state index is -5.19. The van der Waals surface area contributed by atoms with Gasteiger partial charge in [-0.15, -0.1) is 9.81 Å². The Morgan fingerprint density at radius 3 is 1.17 bits per heavy atom. The molecule has 106 valence electrons. The molecular formula is C9HF6FeS2-7. The van der Waals surface area contributed by atoms with Crippen molar-refractivity contribution in [2.75, 3.05) is 0 Å². The summed E-state index contributed by atoms with van der Waals surface area (Å²) in [4.78, 5) is -4.41. The number of allylic oxidation sites excluding steroid dienone is 2. The molecule has 0 radical (unpaired) electrons. The van der Waals surface area contributed by atoms with Crippen molar-refractivity contribution in [3.63, 3.8) is 0 Å². The van der Waals surface area contributed by atoms with Gasteiger partial charge in [-0.1, -0.05) is 0 Å². The molecule has 1 rings (SSSR count). The Bertz CT molecular complexity index is 313. The van der Waals surface area contributed by atoms with E-state index in [-0.39, 0.29) is 17.1 Å². The Balaban J connectivity index is 0. The molecule has 0 aliphatic heterocycles. The van der Waals surface area contributed by atoms with Gasteiger partial charge in [-0.25, -0.2) is 0 Å². The van der Waals surface area contributed by atoms with Crippen LogP contribution in [0.1, 0.15) is 0 Å². The molecule has 1 aromatic rings. The van der Waals surface area contributed by atoms with Crippen molar-refractivity contribution < 1.29 is 43.4 Å². The van der Waals surface area contributed by atoms with E-state index in [2.05, 4.69) is 49.5 Å². The third kappa shape index (κ3) is 7.86. The van der Waals surface area contributed by atoms with Crippen molar-refractivity contribution in [2.45, 2.75) is 12.4 Å². The summed E-state index contributed by atoms with van der Waals surface area (Å²) in [6, 6.07) is 12.0. The maximum absolute atomic E-state index is 11.5. The number of halogens is 6. The molecule has 1 aromatic carbocycles. The van der Waals surface area contributed by atoms with Gasteiger partial charge >= 0.3 is 12.4 Å². The molecule has 9 heteroatoms. The van der Waals surface area contributed by atoms with Crippen molar-refractivity contribution in [3.05, 3.63) is 40.1 Å². The third-order valence-corrected chi connectivity index (χ3v) is 2.07. The first-order valence-corrected chi connectivity index (χ1v) is 4.44. The van der Waals surface area contributed by atoms with Crippen LogP contribution in [0.25, 0.3) is 0 Å². The Labute approximate surface area is 121 Å². The zero-order valence-electron chi connectivity index (χ0n) is 8.02. The minimum Gasteiger partial charge on any atom is -0.999 e. The van der Waals surface area contributed by atoms with Crippen molar-refractivity contribution >= 4 is 25.3 Å². The topological polar surface area (TPSA) is 0 Å². The molecule has 0 aliphatic carbocycles. The fraction of sp³-hybridized carbons (Fsp3) is 0.222. The second kappa shape index (κ2) is 7.93. The van der Waals surface area contributed by atoms with Crippen molar-refractivity contribution in [1.82, 2.24) is 0 Å². The molecule has 0 N–H and O–H groups in total. The third-order valence-electron chi connectivity index (χ3n) is 1.07. The van der Waals surface area contributed by atoms with Gasteiger partial charge in [-0.05, 0) is 0 Å². The van der Waals surface area contributed by atoms with Crippen LogP contribution in [0, 0.1) is 24.3 Å². The van der Waals surface area contributed by atoms with Gasteiger partial charge in [0, 0.05) is 17.1 Å². The van der Waals surface area contributed by atoms with Gasteiger partial charge in [0.15, 0.2) is 0 Å². The van der Waals surface area contributed by atoms with Crippen LogP contribution >= 0.6 is 0 Å². The zero-order chi connectivity index (χ0) is 13.7. The molecule has 0 fully saturated rings.